The number of hydrogen-bond acceptors (Lipinski definition) is 1. The molecular formula is C9H9FO2. The van der Waals surface area contributed by atoms with E-state index < -0.39 is 11.8 Å². The molecule has 1 N–H and O–H groups in total. The van der Waals surface area contributed by atoms with E-state index in [0.717, 1.165) is 6.07 Å². The van der Waals surface area contributed by atoms with Gasteiger partial charge in [0.05, 0.1) is 5.56 Å². The van der Waals surface area contributed by atoms with Gasteiger partial charge in [-0.1, -0.05) is 6.92 Å². The van der Waals surface area contributed by atoms with Gasteiger partial charge < -0.3 is 5.11 Å². The van der Waals surface area contributed by atoms with Crippen LogP contribution in [0.15, 0.2) is 18.2 Å². The van der Waals surface area contributed by atoms with E-state index in [1.807, 2.05) is 0 Å². The molecule has 0 spiro atoms. The number of carbonyl (C=O) groups is 1. The highest BCUT2D eigenvalue weighted by molar-refractivity contribution is 5.89. The Morgan fingerprint density at radius 1 is 1.58 bits per heavy atom. The van der Waals surface area contributed by atoms with E-state index in [2.05, 4.69) is 0 Å². The van der Waals surface area contributed by atoms with Crippen LogP contribution in [0.5, 0.6) is 0 Å². The number of hydrogen-bond donors (Lipinski definition) is 1. The Morgan fingerprint density at radius 2 is 2.25 bits per heavy atom. The van der Waals surface area contributed by atoms with E-state index in [0.29, 0.717) is 12.0 Å². The second-order valence-corrected chi connectivity index (χ2v) is 2.46. The number of aromatic carboxylic acids is 1. The van der Waals surface area contributed by atoms with Crippen LogP contribution in [0.25, 0.3) is 0 Å². The average molecular weight is 167 g/mol. The number of rotatable bonds is 2. The van der Waals surface area contributed by atoms with Crippen LogP contribution < -0.4 is 0 Å². The molecule has 0 amide bonds. The quantitative estimate of drug-likeness (QED) is 0.732. The molecule has 1 aromatic carbocycles. The zero-order valence-corrected chi connectivity index (χ0v) is 6.67. The van der Waals surface area contributed by atoms with Crippen LogP contribution in [-0.2, 0) is 6.42 Å². The molecule has 0 fully saturated rings. The fraction of sp³-hybridized carbons (Fsp3) is 0.222. The fourth-order valence-corrected chi connectivity index (χ4v) is 1.06. The van der Waals surface area contributed by atoms with Gasteiger partial charge >= 0.3 is 5.97 Å². The van der Waals surface area contributed by atoms with E-state index in [9.17, 15) is 9.18 Å². The highest BCUT2D eigenvalue weighted by Gasteiger charge is 2.08. The van der Waals surface area contributed by atoms with Crippen LogP contribution in [0.1, 0.15) is 22.8 Å². The highest BCUT2D eigenvalue weighted by atomic mass is 18.2. The van der Waals surface area contributed by atoms with E-state index in [1.165, 1.54) is 12.1 Å². The summed E-state index contributed by atoms with van der Waals surface area (Å²) in [4.78, 5) is 10.6. The second kappa shape index (κ2) is 3.34. The van der Waals surface area contributed by atoms with Crippen molar-refractivity contribution in [1.82, 2.24) is 0 Å². The number of aryl methyl sites for hydroxylation is 1. The van der Waals surface area contributed by atoms with Gasteiger partial charge in [0.25, 0.3) is 0 Å². The highest BCUT2D eigenvalue weighted by Crippen LogP contribution is 2.11. The Kier molecular flexibility index (Phi) is 2.43. The first-order valence-corrected chi connectivity index (χ1v) is 3.67. The molecule has 0 aliphatic rings. The van der Waals surface area contributed by atoms with Crippen LogP contribution in [0.3, 0.4) is 0 Å². The molecule has 0 radical (unpaired) electrons. The smallest absolute Gasteiger partial charge is 0.335 e. The van der Waals surface area contributed by atoms with E-state index >= 15 is 0 Å². The molecule has 1 aromatic rings. The first kappa shape index (κ1) is 8.71. The maximum absolute atomic E-state index is 12.6. The van der Waals surface area contributed by atoms with Crippen LogP contribution in [0, 0.1) is 5.82 Å². The zero-order valence-electron chi connectivity index (χ0n) is 6.67. The van der Waals surface area contributed by atoms with Gasteiger partial charge in [0.1, 0.15) is 5.82 Å². The van der Waals surface area contributed by atoms with Gasteiger partial charge in [0.2, 0.25) is 0 Å². The minimum atomic E-state index is -1.01. The summed E-state index contributed by atoms with van der Waals surface area (Å²) < 4.78 is 12.6. The molecular weight excluding hydrogens is 158 g/mol. The predicted octanol–water partition coefficient (Wildman–Crippen LogP) is 2.09. The SMILES string of the molecule is CCc1cc([18F])ccc1C(=O)O. The molecule has 1 rings (SSSR count). The minimum Gasteiger partial charge on any atom is -0.478 e. The average Bonchev–Trinajstić information content (AvgIpc) is 2.03. The van der Waals surface area contributed by atoms with E-state index in [1.54, 1.807) is 6.92 Å². The summed E-state index contributed by atoms with van der Waals surface area (Å²) in [6.45, 7) is 1.79. The monoisotopic (exact) mass is 167 g/mol. The number of benzene rings is 1. The normalized spacial score (nSPS) is 9.83. The summed E-state index contributed by atoms with van der Waals surface area (Å²) in [5.74, 6) is -1.40. The first-order chi connectivity index (χ1) is 5.65. The van der Waals surface area contributed by atoms with Gasteiger partial charge in [-0.15, -0.1) is 0 Å². The lowest BCUT2D eigenvalue weighted by atomic mass is 10.1. The molecule has 0 saturated carbocycles. The Bertz CT molecular complexity index is 307. The van der Waals surface area contributed by atoms with Crippen LogP contribution >= 0.6 is 0 Å². The van der Waals surface area contributed by atoms with Gasteiger partial charge in [0, 0.05) is 0 Å². The molecule has 0 atom stereocenters. The molecule has 0 heterocycles. The van der Waals surface area contributed by atoms with E-state index in [-0.39, 0.29) is 5.56 Å². The maximum Gasteiger partial charge on any atom is 0.335 e. The molecule has 64 valence electrons. The molecule has 0 unspecified atom stereocenters. The summed E-state index contributed by atoms with van der Waals surface area (Å²) in [5.41, 5.74) is 0.710. The van der Waals surface area contributed by atoms with Crippen LogP contribution in [0.4, 0.5) is 4.39 Å². The predicted molar refractivity (Wildman–Crippen MR) is 42.7 cm³/mol. The van der Waals surface area contributed by atoms with Crippen molar-refractivity contribution in [2.24, 2.45) is 0 Å². The summed E-state index contributed by atoms with van der Waals surface area (Å²) in [7, 11) is 0. The summed E-state index contributed by atoms with van der Waals surface area (Å²) in [6, 6.07) is 3.70. The minimum absolute atomic E-state index is 0.180. The number of halogens is 1. The van der Waals surface area contributed by atoms with Gasteiger partial charge in [0.15, 0.2) is 0 Å². The van der Waals surface area contributed by atoms with Crippen LogP contribution in [-0.4, -0.2) is 11.1 Å². The third-order valence-corrected chi connectivity index (χ3v) is 1.68. The van der Waals surface area contributed by atoms with Gasteiger partial charge in [-0.25, -0.2) is 9.18 Å². The lowest BCUT2D eigenvalue weighted by Crippen LogP contribution is -2.01. The zero-order chi connectivity index (χ0) is 9.14. The summed E-state index contributed by atoms with van der Waals surface area (Å²) in [5, 5.41) is 8.67. The molecule has 0 aromatic heterocycles. The molecule has 0 bridgehead atoms. The van der Waals surface area contributed by atoms with Crippen molar-refractivity contribution >= 4 is 5.97 Å². The largest absolute Gasteiger partial charge is 0.478 e. The van der Waals surface area contributed by atoms with Crippen LogP contribution in [0.2, 0.25) is 0 Å². The van der Waals surface area contributed by atoms with Crippen molar-refractivity contribution in [1.29, 1.82) is 0 Å². The standard InChI is InChI=1S/C9H9FO2/c1-2-6-5-7(10)3-4-8(6)9(11)12/h3-5H,2H2,1H3,(H,11,12)/i10-1. The van der Waals surface area contributed by atoms with E-state index in [4.69, 9.17) is 5.11 Å². The molecule has 12 heavy (non-hydrogen) atoms. The Morgan fingerprint density at radius 3 is 2.75 bits per heavy atom. The van der Waals surface area contributed by atoms with Crippen molar-refractivity contribution in [3.05, 3.63) is 35.1 Å². The Hall–Kier alpha value is -1.38. The third kappa shape index (κ3) is 1.61. The van der Waals surface area contributed by atoms with Gasteiger partial charge in [-0.05, 0) is 30.2 Å². The van der Waals surface area contributed by atoms with Gasteiger partial charge in [-0.2, -0.15) is 0 Å². The lowest BCUT2D eigenvalue weighted by molar-refractivity contribution is 0.0695. The molecule has 0 aliphatic heterocycles. The summed E-state index contributed by atoms with van der Waals surface area (Å²) >= 11 is 0. The first-order valence-electron chi connectivity index (χ1n) is 3.67. The molecule has 2 nitrogen and oxygen atoms in total. The van der Waals surface area contributed by atoms with Crippen molar-refractivity contribution < 1.29 is 14.3 Å². The fourth-order valence-electron chi connectivity index (χ4n) is 1.06. The topological polar surface area (TPSA) is 37.3 Å². The molecule has 0 aliphatic carbocycles. The van der Waals surface area contributed by atoms with Crippen molar-refractivity contribution in [2.75, 3.05) is 0 Å². The summed E-state index contributed by atoms with van der Waals surface area (Å²) in [6.07, 6.45) is 0.527. The third-order valence-electron chi connectivity index (χ3n) is 1.68. The Labute approximate surface area is 69.6 Å². The Balaban J connectivity index is 3.20. The lowest BCUT2D eigenvalue weighted by Gasteiger charge is -2.01. The maximum atomic E-state index is 12.6. The van der Waals surface area contributed by atoms with Crippen molar-refractivity contribution in [2.45, 2.75) is 13.3 Å². The number of carboxylic acid groups (broad SMARTS) is 1. The van der Waals surface area contributed by atoms with Gasteiger partial charge in [-0.3, -0.25) is 0 Å². The molecule has 3 heteroatoms. The number of carboxylic acids is 1. The van der Waals surface area contributed by atoms with Crippen molar-refractivity contribution in [3.63, 3.8) is 0 Å². The molecule has 0 saturated heterocycles. The second-order valence-electron chi connectivity index (χ2n) is 2.46. The van der Waals surface area contributed by atoms with Crippen molar-refractivity contribution in [3.8, 4) is 0 Å².